The molecule has 3 rings (SSSR count). The smallest absolute Gasteiger partial charge is 0.324 e. The molecule has 2 fully saturated rings. The van der Waals surface area contributed by atoms with Gasteiger partial charge in [0.05, 0.1) is 0 Å². The fourth-order valence-electron chi connectivity index (χ4n) is 2.93. The van der Waals surface area contributed by atoms with Crippen molar-refractivity contribution in [2.75, 3.05) is 31.6 Å². The molecule has 0 aromatic heterocycles. The molecule has 19 heavy (non-hydrogen) atoms. The van der Waals surface area contributed by atoms with Crippen molar-refractivity contribution in [3.8, 4) is 0 Å². The molecule has 0 aliphatic carbocycles. The predicted molar refractivity (Wildman–Crippen MR) is 76.4 cm³/mol. The topological polar surface area (TPSA) is 35.6 Å². The Hall–Kier alpha value is -1.55. The van der Waals surface area contributed by atoms with E-state index in [-0.39, 0.29) is 6.03 Å². The molecule has 0 spiro atoms. The van der Waals surface area contributed by atoms with Gasteiger partial charge in [-0.3, -0.25) is 4.90 Å². The number of nitrogens with one attached hydrogen (secondary N) is 1. The Kier molecular flexibility index (Phi) is 3.42. The Morgan fingerprint density at radius 1 is 1.26 bits per heavy atom. The van der Waals surface area contributed by atoms with Crippen LogP contribution in [0.4, 0.5) is 10.5 Å². The van der Waals surface area contributed by atoms with Gasteiger partial charge >= 0.3 is 6.03 Å². The summed E-state index contributed by atoms with van der Waals surface area (Å²) in [7, 11) is 1.86. The highest BCUT2D eigenvalue weighted by Crippen LogP contribution is 2.27. The maximum absolute atomic E-state index is 12.0. The van der Waals surface area contributed by atoms with Gasteiger partial charge in [-0.15, -0.1) is 0 Å². The summed E-state index contributed by atoms with van der Waals surface area (Å²) in [6.45, 7) is 2.70. The maximum atomic E-state index is 12.0. The molecular formula is C15H21N3O. The second-order valence-corrected chi connectivity index (χ2v) is 5.45. The Morgan fingerprint density at radius 3 is 2.84 bits per heavy atom. The van der Waals surface area contributed by atoms with E-state index in [1.54, 1.807) is 4.90 Å². The third-order valence-corrected chi connectivity index (χ3v) is 4.11. The summed E-state index contributed by atoms with van der Waals surface area (Å²) in [5.41, 5.74) is 2.33. The molecule has 2 aliphatic heterocycles. The van der Waals surface area contributed by atoms with Crippen molar-refractivity contribution < 1.29 is 4.79 Å². The standard InChI is InChI=1S/C15H21N3O/c1-17-9-10-18(15(17)19)13-6-4-5-12(11-13)14-7-2-3-8-16-14/h4-6,11,14,16H,2-3,7-10H2,1H3. The van der Waals surface area contributed by atoms with Gasteiger partial charge in [0.1, 0.15) is 0 Å². The molecule has 1 unspecified atom stereocenters. The minimum absolute atomic E-state index is 0.105. The molecule has 0 radical (unpaired) electrons. The lowest BCUT2D eigenvalue weighted by Gasteiger charge is -2.25. The average molecular weight is 259 g/mol. The van der Waals surface area contributed by atoms with E-state index >= 15 is 0 Å². The van der Waals surface area contributed by atoms with Crippen LogP contribution in [0.2, 0.25) is 0 Å². The van der Waals surface area contributed by atoms with Crippen molar-refractivity contribution in [3.05, 3.63) is 29.8 Å². The van der Waals surface area contributed by atoms with Crippen LogP contribution in [0, 0.1) is 0 Å². The number of likely N-dealkylation sites (N-methyl/N-ethyl adjacent to an activating group) is 1. The highest BCUT2D eigenvalue weighted by atomic mass is 16.2. The molecule has 1 N–H and O–H groups in total. The molecule has 102 valence electrons. The first kappa shape index (κ1) is 12.5. The Labute approximate surface area is 114 Å². The largest absolute Gasteiger partial charge is 0.326 e. The number of hydrogen-bond acceptors (Lipinski definition) is 2. The third-order valence-electron chi connectivity index (χ3n) is 4.11. The maximum Gasteiger partial charge on any atom is 0.324 e. The second-order valence-electron chi connectivity index (χ2n) is 5.45. The van der Waals surface area contributed by atoms with Gasteiger partial charge in [-0.1, -0.05) is 18.6 Å². The number of benzene rings is 1. The van der Waals surface area contributed by atoms with Crippen molar-refractivity contribution in [2.45, 2.75) is 25.3 Å². The minimum Gasteiger partial charge on any atom is -0.326 e. The van der Waals surface area contributed by atoms with Crippen molar-refractivity contribution in [1.82, 2.24) is 10.2 Å². The zero-order valence-electron chi connectivity index (χ0n) is 11.4. The zero-order chi connectivity index (χ0) is 13.2. The van der Waals surface area contributed by atoms with Crippen LogP contribution >= 0.6 is 0 Å². The Morgan fingerprint density at radius 2 is 2.16 bits per heavy atom. The highest BCUT2D eigenvalue weighted by molar-refractivity contribution is 5.94. The van der Waals surface area contributed by atoms with Crippen LogP contribution in [0.25, 0.3) is 0 Å². The van der Waals surface area contributed by atoms with Crippen molar-refractivity contribution >= 4 is 11.7 Å². The second kappa shape index (κ2) is 5.21. The summed E-state index contributed by atoms with van der Waals surface area (Å²) in [6, 6.07) is 8.98. The van der Waals surface area contributed by atoms with Gasteiger partial charge in [0, 0.05) is 31.9 Å². The first-order valence-electron chi connectivity index (χ1n) is 7.12. The number of nitrogens with zero attached hydrogens (tertiary/aromatic N) is 2. The number of carbonyl (C=O) groups excluding carboxylic acids is 1. The monoisotopic (exact) mass is 259 g/mol. The van der Waals surface area contributed by atoms with Gasteiger partial charge in [0.15, 0.2) is 0 Å². The lowest BCUT2D eigenvalue weighted by atomic mass is 9.97. The summed E-state index contributed by atoms with van der Waals surface area (Å²) in [5.74, 6) is 0. The van der Waals surface area contributed by atoms with Crippen LogP contribution < -0.4 is 10.2 Å². The van der Waals surface area contributed by atoms with Crippen molar-refractivity contribution in [1.29, 1.82) is 0 Å². The van der Waals surface area contributed by atoms with Crippen molar-refractivity contribution in [2.24, 2.45) is 0 Å². The first-order chi connectivity index (χ1) is 9.25. The Bertz CT molecular complexity index is 468. The van der Waals surface area contributed by atoms with E-state index < -0.39 is 0 Å². The van der Waals surface area contributed by atoms with Gasteiger partial charge in [0.25, 0.3) is 0 Å². The van der Waals surface area contributed by atoms with Crippen molar-refractivity contribution in [3.63, 3.8) is 0 Å². The summed E-state index contributed by atoms with van der Waals surface area (Å²) in [5, 5.41) is 3.56. The van der Waals surface area contributed by atoms with E-state index in [1.807, 2.05) is 18.0 Å². The van der Waals surface area contributed by atoms with Crippen LogP contribution in [0.3, 0.4) is 0 Å². The molecule has 4 heteroatoms. The molecule has 4 nitrogen and oxygen atoms in total. The molecule has 2 heterocycles. The van der Waals surface area contributed by atoms with E-state index in [1.165, 1.54) is 24.8 Å². The SMILES string of the molecule is CN1CCN(c2cccc(C3CCCCN3)c2)C1=O. The van der Waals surface area contributed by atoms with E-state index in [0.717, 1.165) is 25.3 Å². The molecule has 1 aromatic rings. The fraction of sp³-hybridized carbons (Fsp3) is 0.533. The lowest BCUT2D eigenvalue weighted by molar-refractivity contribution is 0.229. The fourth-order valence-corrected chi connectivity index (χ4v) is 2.93. The number of carbonyl (C=O) groups is 1. The molecule has 0 bridgehead atoms. The number of piperidine rings is 1. The van der Waals surface area contributed by atoms with Gasteiger partial charge in [-0.25, -0.2) is 4.79 Å². The third kappa shape index (κ3) is 2.45. The molecule has 2 aliphatic rings. The summed E-state index contributed by atoms with van der Waals surface area (Å²) >= 11 is 0. The normalized spacial score (nSPS) is 24.1. The molecule has 0 saturated carbocycles. The molecule has 2 saturated heterocycles. The first-order valence-corrected chi connectivity index (χ1v) is 7.12. The summed E-state index contributed by atoms with van der Waals surface area (Å²) < 4.78 is 0. The Balaban J connectivity index is 1.81. The van der Waals surface area contributed by atoms with E-state index in [0.29, 0.717) is 6.04 Å². The van der Waals surface area contributed by atoms with E-state index in [4.69, 9.17) is 0 Å². The molecule has 1 aromatic carbocycles. The lowest BCUT2D eigenvalue weighted by Crippen LogP contribution is -2.30. The van der Waals surface area contributed by atoms with Crippen LogP contribution in [0.5, 0.6) is 0 Å². The van der Waals surface area contributed by atoms with Gasteiger partial charge in [-0.05, 0) is 37.1 Å². The summed E-state index contributed by atoms with van der Waals surface area (Å²) in [6.07, 6.45) is 3.75. The van der Waals surface area contributed by atoms with Gasteiger partial charge in [0.2, 0.25) is 0 Å². The number of amides is 2. The number of anilines is 1. The van der Waals surface area contributed by atoms with E-state index in [2.05, 4.69) is 23.5 Å². The van der Waals surface area contributed by atoms with Gasteiger partial charge < -0.3 is 10.2 Å². The molecule has 1 atom stereocenters. The quantitative estimate of drug-likeness (QED) is 0.885. The van der Waals surface area contributed by atoms with Crippen LogP contribution in [-0.2, 0) is 0 Å². The number of urea groups is 1. The molecule has 2 amide bonds. The van der Waals surface area contributed by atoms with Crippen LogP contribution in [0.1, 0.15) is 30.9 Å². The minimum atomic E-state index is 0.105. The van der Waals surface area contributed by atoms with Crippen LogP contribution in [-0.4, -0.2) is 37.6 Å². The predicted octanol–water partition coefficient (Wildman–Crippen LogP) is 2.37. The average Bonchev–Trinajstić information content (AvgIpc) is 2.80. The van der Waals surface area contributed by atoms with E-state index in [9.17, 15) is 4.79 Å². The zero-order valence-corrected chi connectivity index (χ0v) is 11.4. The number of hydrogen-bond donors (Lipinski definition) is 1. The highest BCUT2D eigenvalue weighted by Gasteiger charge is 2.27. The summed E-state index contributed by atoms with van der Waals surface area (Å²) in [4.78, 5) is 15.7. The van der Waals surface area contributed by atoms with Gasteiger partial charge in [-0.2, -0.15) is 0 Å². The molecular weight excluding hydrogens is 238 g/mol. The van der Waals surface area contributed by atoms with Crippen LogP contribution in [0.15, 0.2) is 24.3 Å². The number of rotatable bonds is 2.